The molecule has 8 nitrogen and oxygen atoms in total. The van der Waals surface area contributed by atoms with Crippen LogP contribution in [0.5, 0.6) is 5.88 Å². The van der Waals surface area contributed by atoms with Crippen molar-refractivity contribution in [1.29, 1.82) is 0 Å². The summed E-state index contributed by atoms with van der Waals surface area (Å²) in [6.45, 7) is 5.90. The van der Waals surface area contributed by atoms with Gasteiger partial charge in [0.25, 0.3) is 0 Å². The predicted molar refractivity (Wildman–Crippen MR) is 103 cm³/mol. The molecule has 0 bridgehead atoms. The lowest BCUT2D eigenvalue weighted by atomic mass is 10.0. The number of furan rings is 1. The van der Waals surface area contributed by atoms with Crippen molar-refractivity contribution in [2.24, 2.45) is 4.99 Å². The van der Waals surface area contributed by atoms with E-state index in [2.05, 4.69) is 20.6 Å². The molecule has 3 N–H and O–H groups in total. The molecular formula is C19H28N4O4. The van der Waals surface area contributed by atoms with E-state index >= 15 is 0 Å². The second-order valence-corrected chi connectivity index (χ2v) is 6.11. The molecule has 0 aliphatic rings. The van der Waals surface area contributed by atoms with Crippen LogP contribution in [0.15, 0.2) is 46.1 Å². The summed E-state index contributed by atoms with van der Waals surface area (Å²) < 4.78 is 15.9. The quantitative estimate of drug-likeness (QED) is 0.329. The van der Waals surface area contributed by atoms with Gasteiger partial charge in [-0.25, -0.2) is 9.98 Å². The van der Waals surface area contributed by atoms with Crippen LogP contribution in [0.3, 0.4) is 0 Å². The van der Waals surface area contributed by atoms with Crippen molar-refractivity contribution in [2.45, 2.75) is 26.0 Å². The van der Waals surface area contributed by atoms with Crippen molar-refractivity contribution in [3.8, 4) is 5.88 Å². The molecule has 1 unspecified atom stereocenters. The second kappa shape index (κ2) is 10.5. The summed E-state index contributed by atoms with van der Waals surface area (Å²) in [4.78, 5) is 8.81. The number of nitrogens with one attached hydrogen (secondary N) is 2. The van der Waals surface area contributed by atoms with Crippen molar-refractivity contribution < 1.29 is 19.0 Å². The van der Waals surface area contributed by atoms with E-state index in [4.69, 9.17) is 13.9 Å². The van der Waals surface area contributed by atoms with E-state index in [1.165, 1.54) is 6.26 Å². The normalized spacial score (nSPS) is 13.9. The molecule has 2 heterocycles. The lowest BCUT2D eigenvalue weighted by Crippen LogP contribution is -2.44. The first-order valence-electron chi connectivity index (χ1n) is 8.91. The van der Waals surface area contributed by atoms with Gasteiger partial charge in [-0.2, -0.15) is 0 Å². The molecule has 0 saturated carbocycles. The molecule has 0 aromatic carbocycles. The standard InChI is InChI=1S/C19H28N4O4/c1-4-20-18(23-14-19(2,24)16-8-6-10-26-16)22-13-15-7-5-9-21-17(15)27-12-11-25-3/h5-10,24H,4,11-14H2,1-3H3,(H2,20,22,23). The topological polar surface area (TPSA) is 101 Å². The van der Waals surface area contributed by atoms with Crippen LogP contribution in [-0.2, 0) is 16.9 Å². The van der Waals surface area contributed by atoms with Gasteiger partial charge in [0, 0.05) is 25.4 Å². The Balaban J connectivity index is 2.01. The number of pyridine rings is 1. The summed E-state index contributed by atoms with van der Waals surface area (Å²) in [5, 5.41) is 16.9. The molecule has 0 radical (unpaired) electrons. The summed E-state index contributed by atoms with van der Waals surface area (Å²) in [5.74, 6) is 1.61. The van der Waals surface area contributed by atoms with Gasteiger partial charge < -0.3 is 29.6 Å². The Bertz CT molecular complexity index is 701. The first-order valence-corrected chi connectivity index (χ1v) is 8.91. The van der Waals surface area contributed by atoms with Crippen LogP contribution in [0.25, 0.3) is 0 Å². The summed E-state index contributed by atoms with van der Waals surface area (Å²) in [5.41, 5.74) is -0.286. The van der Waals surface area contributed by atoms with Gasteiger partial charge >= 0.3 is 0 Å². The van der Waals surface area contributed by atoms with Gasteiger partial charge in [-0.1, -0.05) is 6.07 Å². The molecule has 148 valence electrons. The highest BCUT2D eigenvalue weighted by Gasteiger charge is 2.26. The molecule has 0 amide bonds. The Labute approximate surface area is 159 Å². The van der Waals surface area contributed by atoms with Gasteiger partial charge in [0.05, 0.1) is 26.0 Å². The van der Waals surface area contributed by atoms with Gasteiger partial charge in [-0.05, 0) is 32.0 Å². The molecule has 0 spiro atoms. The molecule has 1 atom stereocenters. The van der Waals surface area contributed by atoms with Crippen LogP contribution in [0.4, 0.5) is 0 Å². The van der Waals surface area contributed by atoms with Crippen molar-refractivity contribution in [1.82, 2.24) is 15.6 Å². The van der Waals surface area contributed by atoms with Gasteiger partial charge in [-0.3, -0.25) is 0 Å². The largest absolute Gasteiger partial charge is 0.475 e. The van der Waals surface area contributed by atoms with Crippen molar-refractivity contribution in [2.75, 3.05) is 33.4 Å². The maximum Gasteiger partial charge on any atom is 0.218 e. The monoisotopic (exact) mass is 376 g/mol. The van der Waals surface area contributed by atoms with Crippen LogP contribution >= 0.6 is 0 Å². The average Bonchev–Trinajstić information content (AvgIpc) is 3.21. The average molecular weight is 376 g/mol. The lowest BCUT2D eigenvalue weighted by Gasteiger charge is -2.22. The van der Waals surface area contributed by atoms with E-state index in [1.54, 1.807) is 32.4 Å². The Morgan fingerprint density at radius 2 is 2.15 bits per heavy atom. The number of ether oxygens (including phenoxy) is 2. The fraction of sp³-hybridized carbons (Fsp3) is 0.474. The zero-order valence-corrected chi connectivity index (χ0v) is 16.1. The number of hydrogen-bond acceptors (Lipinski definition) is 6. The maximum atomic E-state index is 10.6. The molecule has 2 aromatic heterocycles. The first kappa shape index (κ1) is 20.7. The third kappa shape index (κ3) is 6.58. The minimum Gasteiger partial charge on any atom is -0.475 e. The molecule has 2 rings (SSSR count). The summed E-state index contributed by atoms with van der Waals surface area (Å²) in [6, 6.07) is 7.25. The number of aliphatic hydroxyl groups is 1. The van der Waals surface area contributed by atoms with Crippen LogP contribution in [0.1, 0.15) is 25.2 Å². The predicted octanol–water partition coefficient (Wildman–Crippen LogP) is 1.66. The number of guanidine groups is 1. The van der Waals surface area contributed by atoms with Gasteiger partial charge in [0.2, 0.25) is 5.88 Å². The zero-order valence-electron chi connectivity index (χ0n) is 16.1. The molecule has 2 aromatic rings. The molecule has 0 aliphatic carbocycles. The third-order valence-electron chi connectivity index (χ3n) is 3.78. The zero-order chi connectivity index (χ0) is 19.5. The molecular weight excluding hydrogens is 348 g/mol. The van der Waals surface area contributed by atoms with E-state index in [0.717, 1.165) is 5.56 Å². The van der Waals surface area contributed by atoms with E-state index in [9.17, 15) is 5.11 Å². The lowest BCUT2D eigenvalue weighted by molar-refractivity contribution is 0.0386. The van der Waals surface area contributed by atoms with Gasteiger partial charge in [0.1, 0.15) is 18.0 Å². The van der Waals surface area contributed by atoms with Crippen LogP contribution < -0.4 is 15.4 Å². The minimum atomic E-state index is -1.15. The maximum absolute atomic E-state index is 10.6. The number of hydrogen-bond donors (Lipinski definition) is 3. The number of methoxy groups -OCH3 is 1. The van der Waals surface area contributed by atoms with E-state index < -0.39 is 5.60 Å². The van der Waals surface area contributed by atoms with E-state index in [0.29, 0.717) is 43.9 Å². The van der Waals surface area contributed by atoms with Crippen LogP contribution in [0.2, 0.25) is 0 Å². The number of rotatable bonds is 10. The highest BCUT2D eigenvalue weighted by molar-refractivity contribution is 5.79. The minimum absolute atomic E-state index is 0.247. The van der Waals surface area contributed by atoms with Crippen LogP contribution in [0, 0.1) is 0 Å². The SMILES string of the molecule is CCNC(=NCc1cccnc1OCCOC)NCC(C)(O)c1ccco1. The van der Waals surface area contributed by atoms with Crippen LogP contribution in [-0.4, -0.2) is 49.5 Å². The van der Waals surface area contributed by atoms with Crippen molar-refractivity contribution >= 4 is 5.96 Å². The first-order chi connectivity index (χ1) is 13.1. The van der Waals surface area contributed by atoms with E-state index in [-0.39, 0.29) is 6.54 Å². The Morgan fingerprint density at radius 3 is 2.85 bits per heavy atom. The summed E-state index contributed by atoms with van der Waals surface area (Å²) in [7, 11) is 1.62. The number of aliphatic imine (C=N–C) groups is 1. The van der Waals surface area contributed by atoms with Gasteiger partial charge in [-0.15, -0.1) is 0 Å². The third-order valence-corrected chi connectivity index (χ3v) is 3.78. The Hall–Kier alpha value is -2.58. The fourth-order valence-electron chi connectivity index (χ4n) is 2.33. The fourth-order valence-corrected chi connectivity index (χ4v) is 2.33. The highest BCUT2D eigenvalue weighted by Crippen LogP contribution is 2.20. The second-order valence-electron chi connectivity index (χ2n) is 6.11. The summed E-state index contributed by atoms with van der Waals surface area (Å²) >= 11 is 0. The Kier molecular flexibility index (Phi) is 8.09. The Morgan fingerprint density at radius 1 is 1.30 bits per heavy atom. The van der Waals surface area contributed by atoms with Crippen molar-refractivity contribution in [3.63, 3.8) is 0 Å². The van der Waals surface area contributed by atoms with Gasteiger partial charge in [0.15, 0.2) is 5.96 Å². The molecule has 0 saturated heterocycles. The van der Waals surface area contributed by atoms with Crippen molar-refractivity contribution in [3.05, 3.63) is 48.0 Å². The highest BCUT2D eigenvalue weighted by atomic mass is 16.5. The summed E-state index contributed by atoms with van der Waals surface area (Å²) in [6.07, 6.45) is 3.22. The number of aromatic nitrogens is 1. The molecule has 0 fully saturated rings. The molecule has 0 aliphatic heterocycles. The molecule has 8 heteroatoms. The smallest absolute Gasteiger partial charge is 0.218 e. The van der Waals surface area contributed by atoms with E-state index in [1.807, 2.05) is 19.1 Å². The molecule has 27 heavy (non-hydrogen) atoms. The number of nitrogens with zero attached hydrogens (tertiary/aromatic N) is 2.